The minimum Gasteiger partial charge on any atom is -0.481 e. The van der Waals surface area contributed by atoms with Crippen LogP contribution < -0.4 is 91.6 Å². The highest BCUT2D eigenvalue weighted by atomic mass is 79.9. The van der Waals surface area contributed by atoms with E-state index < -0.39 is 267 Å². The number of esters is 1. The zero-order valence-corrected chi connectivity index (χ0v) is 70.2. The highest BCUT2D eigenvalue weighted by molar-refractivity contribution is 9.10. The fourth-order valence-electron chi connectivity index (χ4n) is 12.7. The smallest absolute Gasteiger partial charge is 0.329 e. The number of carboxylic acids is 4. The number of anilines is 2. The summed E-state index contributed by atoms with van der Waals surface area (Å²) in [5.41, 5.74) is 18.4. The van der Waals surface area contributed by atoms with Crippen molar-refractivity contribution in [2.45, 2.75) is 209 Å². The van der Waals surface area contributed by atoms with Crippen LogP contribution in [0.5, 0.6) is 0 Å². The SMILES string of the molecule is CCCCCCCCCC(=O)N[C@@H](Cc1c[nH]c2ccccc12)C(=O)N[C@@H](CC(N)=O)C(=O)N[C@@H](CC(=O)O)C(=O)NC1C(=O)NCC(=O)N[C@@H](CCCNC(=O)c2cc(Br)ccc2N)C(=O)NC(CC(=O)O)C(=O)N[C@H](C)C(=O)N[C@@H](CC(=O)O)C(=O)NCC(=O)N[C@H](CO)C(=O)NC([C@H](C)CC(=O)O)C(=O)N[C@@H](CC(=O)c2ccccc2N)C(=O)OC1C. The van der Waals surface area contributed by atoms with E-state index in [-0.39, 0.29) is 48.3 Å². The van der Waals surface area contributed by atoms with Crippen molar-refractivity contribution in [3.05, 3.63) is 94.1 Å². The van der Waals surface area contributed by atoms with E-state index in [9.17, 15) is 126 Å². The van der Waals surface area contributed by atoms with Crippen LogP contribution in [0.2, 0.25) is 0 Å². The Hall–Kier alpha value is -13.7. The van der Waals surface area contributed by atoms with Crippen LogP contribution in [0.25, 0.3) is 10.9 Å². The number of ether oxygens (including phenoxy) is 1. The molecule has 4 unspecified atom stereocenters. The van der Waals surface area contributed by atoms with E-state index in [0.29, 0.717) is 33.8 Å². The summed E-state index contributed by atoms with van der Waals surface area (Å²) in [7, 11) is 0. The lowest BCUT2D eigenvalue weighted by Crippen LogP contribution is -2.62. The van der Waals surface area contributed by atoms with Crippen molar-refractivity contribution in [2.75, 3.05) is 37.7 Å². The van der Waals surface area contributed by atoms with Gasteiger partial charge in [-0.25, -0.2) is 4.79 Å². The summed E-state index contributed by atoms with van der Waals surface area (Å²) < 4.78 is 6.16. The summed E-state index contributed by atoms with van der Waals surface area (Å²) in [5, 5.41) is 81.7. The molecule has 125 heavy (non-hydrogen) atoms. The minimum absolute atomic E-state index is 0.0175. The van der Waals surface area contributed by atoms with Crippen LogP contribution in [0, 0.1) is 5.92 Å². The molecular weight excluding hydrogens is 1710 g/mol. The van der Waals surface area contributed by atoms with Gasteiger partial charge in [-0.1, -0.05) is 98.6 Å². The zero-order valence-electron chi connectivity index (χ0n) is 68.6. The lowest BCUT2D eigenvalue weighted by Gasteiger charge is -2.30. The van der Waals surface area contributed by atoms with Gasteiger partial charge in [-0.15, -0.1) is 0 Å². The van der Waals surface area contributed by atoms with Crippen molar-refractivity contribution in [1.29, 1.82) is 0 Å². The van der Waals surface area contributed by atoms with Gasteiger partial charge in [-0.3, -0.25) is 95.9 Å². The van der Waals surface area contributed by atoms with Gasteiger partial charge in [-0.05, 0) is 81.0 Å². The van der Waals surface area contributed by atoms with E-state index in [4.69, 9.17) is 21.9 Å². The third kappa shape index (κ3) is 34.3. The number of rotatable bonds is 37. The van der Waals surface area contributed by atoms with E-state index in [1.807, 2.05) is 16.0 Å². The number of aliphatic hydroxyl groups is 1. The number of ketones is 1. The number of fused-ring (bicyclic) bond motifs is 1. The number of unbranched alkanes of at least 4 members (excludes halogenated alkanes) is 6. The topological polar surface area (TPSA) is 731 Å². The van der Waals surface area contributed by atoms with Crippen molar-refractivity contribution in [2.24, 2.45) is 11.7 Å². The molecule has 4 aromatic rings. The number of para-hydroxylation sites is 2. The monoisotopic (exact) mass is 1820 g/mol. The number of carbonyl (C=O) groups is 21. The Balaban J connectivity index is 1.64. The van der Waals surface area contributed by atoms with Crippen molar-refractivity contribution < 1.29 is 131 Å². The van der Waals surface area contributed by atoms with Gasteiger partial charge in [0.05, 0.1) is 57.4 Å². The molecule has 46 heteroatoms. The van der Waals surface area contributed by atoms with Crippen LogP contribution in [0.1, 0.15) is 157 Å². The van der Waals surface area contributed by atoms with Crippen molar-refractivity contribution in [3.63, 3.8) is 0 Å². The Morgan fingerprint density at radius 3 is 1.72 bits per heavy atom. The summed E-state index contributed by atoms with van der Waals surface area (Å²) in [4.78, 5) is 293. The molecule has 0 spiro atoms. The summed E-state index contributed by atoms with van der Waals surface area (Å²) in [6.45, 7) is 0.805. The number of nitrogen functional groups attached to an aromatic ring is 2. The first-order valence-corrected chi connectivity index (χ1v) is 40.5. The molecule has 15 amide bonds. The zero-order chi connectivity index (χ0) is 92.9. The van der Waals surface area contributed by atoms with Gasteiger partial charge >= 0.3 is 29.8 Å². The van der Waals surface area contributed by atoms with Gasteiger partial charge in [0.1, 0.15) is 72.6 Å². The number of primary amides is 1. The van der Waals surface area contributed by atoms with E-state index in [1.54, 1.807) is 30.5 Å². The molecule has 3 aromatic carbocycles. The maximum absolute atomic E-state index is 15.0. The Bertz CT molecular complexity index is 4640. The number of benzene rings is 3. The first-order valence-electron chi connectivity index (χ1n) is 39.7. The molecule has 1 aliphatic rings. The number of halogens is 1. The Kier molecular flexibility index (Phi) is 41.3. The molecule has 680 valence electrons. The van der Waals surface area contributed by atoms with Crippen molar-refractivity contribution in [1.82, 2.24) is 79.4 Å². The van der Waals surface area contributed by atoms with Gasteiger partial charge in [-0.2, -0.15) is 0 Å². The van der Waals surface area contributed by atoms with Crippen LogP contribution in [0.3, 0.4) is 0 Å². The third-order valence-electron chi connectivity index (χ3n) is 19.4. The molecule has 0 saturated carbocycles. The number of aromatic amines is 1. The highest BCUT2D eigenvalue weighted by Crippen LogP contribution is 2.23. The molecule has 5 rings (SSSR count). The third-order valence-corrected chi connectivity index (χ3v) is 19.9. The number of carboxylic acid groups (broad SMARTS) is 4. The fourth-order valence-corrected chi connectivity index (χ4v) is 13.1. The van der Waals surface area contributed by atoms with E-state index in [2.05, 4.69) is 86.3 Å². The molecule has 2 heterocycles. The standard InChI is InChI=1S/C79H105BrN18O27/c1-5-6-7-8-9-10-11-22-59(102)90-50(27-41-34-85-48-20-15-13-17-43(41)48)73(118)93-51(30-58(83)101)74(119)95-54(33-65(111)112)75(120)98-67-40(4)125-79(124)55(29-57(100)44-18-12-14-19-46(44)81)96-78(123)66(38(2)26-62(105)106)97-76(121)56(37-99)91-61(104)35-86-70(115)52(31-63(107)108)92-68(113)39(3)88-72(117)53(32-64(109)110)94-71(116)49(89-60(103)36-87-77(67)122)21-16-25-84-69(114)45-28-42(80)23-24-47(45)82/h12-15,17-20,23-24,28,34,38-40,49-56,66-67,85,99H,5-11,16,21-22,25-27,29-33,35-37,81-82H2,1-4H3,(H2,83,101)(H,84,114)(H,86,115)(H,87,122)(H,88,117)(H,89,103)(H,90,102)(H,91,104)(H,92,113)(H,93,118)(H,94,116)(H,95,119)(H,96,123)(H,97,121)(H,98,120)(H,105,106)(H,107,108)(H,109,110)(H,111,112)/t38-,39-,40?,49+,50+,51+,52+,53?,54+,55+,56-,66?,67?/m1/s1. The number of aliphatic hydroxyl groups excluding tert-OH is 1. The number of hydrogen-bond donors (Lipinski definition) is 23. The first kappa shape index (κ1) is 102. The number of carbonyl (C=O) groups excluding carboxylic acids is 17. The van der Waals surface area contributed by atoms with Gasteiger partial charge < -0.3 is 127 Å². The minimum atomic E-state index is -2.50. The Labute approximate surface area is 722 Å². The summed E-state index contributed by atoms with van der Waals surface area (Å²) in [6, 6.07) is -6.84. The first-order chi connectivity index (χ1) is 59.1. The molecule has 0 aliphatic carbocycles. The van der Waals surface area contributed by atoms with Crippen LogP contribution in [-0.4, -0.2) is 254 Å². The largest absolute Gasteiger partial charge is 0.481 e. The summed E-state index contributed by atoms with van der Waals surface area (Å²) in [5.74, 6) is -31.1. The van der Waals surface area contributed by atoms with E-state index in [0.717, 1.165) is 52.9 Å². The number of aliphatic carboxylic acids is 4. The molecule has 1 aromatic heterocycles. The highest BCUT2D eigenvalue weighted by Gasteiger charge is 2.41. The van der Waals surface area contributed by atoms with Crippen molar-refractivity contribution >= 4 is 162 Å². The maximum atomic E-state index is 15.0. The molecule has 1 aliphatic heterocycles. The van der Waals surface area contributed by atoms with Crippen LogP contribution in [0.15, 0.2) is 77.4 Å². The second kappa shape index (κ2) is 50.7. The van der Waals surface area contributed by atoms with Crippen LogP contribution >= 0.6 is 15.9 Å². The van der Waals surface area contributed by atoms with Gasteiger partial charge in [0.15, 0.2) is 5.78 Å². The lowest BCUT2D eigenvalue weighted by molar-refractivity contribution is -0.156. The molecule has 1 saturated heterocycles. The molecular formula is C79H105BrN18O27. The maximum Gasteiger partial charge on any atom is 0.329 e. The van der Waals surface area contributed by atoms with Crippen LogP contribution in [0.4, 0.5) is 11.4 Å². The predicted molar refractivity (Wildman–Crippen MR) is 442 cm³/mol. The van der Waals surface area contributed by atoms with Crippen LogP contribution in [-0.2, 0) is 102 Å². The van der Waals surface area contributed by atoms with Gasteiger partial charge in [0, 0.05) is 64.3 Å². The quantitative estimate of drug-likeness (QED) is 0.00891. The van der Waals surface area contributed by atoms with Gasteiger partial charge in [0.2, 0.25) is 82.7 Å². The molecule has 0 bridgehead atoms. The average Bonchev–Trinajstić information content (AvgIpc) is 1.76. The Morgan fingerprint density at radius 1 is 0.544 bits per heavy atom. The number of nitrogens with two attached hydrogens (primary N) is 3. The fraction of sp³-hybridized carbons (Fsp3) is 0.481. The van der Waals surface area contributed by atoms with E-state index >= 15 is 0 Å². The van der Waals surface area contributed by atoms with E-state index in [1.165, 1.54) is 42.5 Å². The summed E-state index contributed by atoms with van der Waals surface area (Å²) in [6.07, 6.45) is -3.01. The molecule has 26 N–H and O–H groups in total. The predicted octanol–water partition coefficient (Wildman–Crippen LogP) is -3.81. The molecule has 45 nitrogen and oxygen atoms in total. The number of nitrogens with one attached hydrogen (secondary N) is 15. The average molecular weight is 1820 g/mol. The number of hydrogen-bond acceptors (Lipinski definition) is 25. The number of cyclic esters (lactones) is 1. The van der Waals surface area contributed by atoms with Crippen molar-refractivity contribution in [3.8, 4) is 0 Å². The molecule has 0 radical (unpaired) electrons. The normalized spacial score (nSPS) is 20.4. The second-order valence-electron chi connectivity index (χ2n) is 29.4. The molecule has 13 atom stereocenters. The Morgan fingerprint density at radius 2 is 1.10 bits per heavy atom. The number of aromatic nitrogens is 1. The number of Topliss-reactive ketones (excluding diaryl/α,β-unsaturated/α-hetero) is 1. The summed E-state index contributed by atoms with van der Waals surface area (Å²) >= 11 is 3.24. The number of H-pyrrole nitrogens is 1. The molecule has 1 fully saturated rings. The number of amides is 15. The lowest BCUT2D eigenvalue weighted by atomic mass is 9.96. The van der Waals surface area contributed by atoms with Gasteiger partial charge in [0.25, 0.3) is 5.91 Å². The second-order valence-corrected chi connectivity index (χ2v) is 30.4.